The summed E-state index contributed by atoms with van der Waals surface area (Å²) in [5, 5.41) is 5.05. The number of aliphatic imine (C=N–C) groups is 1. The number of hydrogen-bond donors (Lipinski definition) is 1. The first kappa shape index (κ1) is 12.5. The second-order valence-electron chi connectivity index (χ2n) is 6.79. The smallest absolute Gasteiger partial charge is 0.157 e. The quantitative estimate of drug-likeness (QED) is 0.799. The third-order valence-electron chi connectivity index (χ3n) is 5.52. The van der Waals surface area contributed by atoms with Crippen molar-refractivity contribution < 1.29 is 0 Å². The van der Waals surface area contributed by atoms with Crippen molar-refractivity contribution in [2.75, 3.05) is 18.8 Å². The molecule has 3 heterocycles. The monoisotopic (exact) mass is 279 g/mol. The van der Waals surface area contributed by atoms with Crippen molar-refractivity contribution >= 4 is 16.9 Å². The van der Waals surface area contributed by atoms with Crippen molar-refractivity contribution in [1.82, 2.24) is 10.2 Å². The normalized spacial score (nSPS) is 39.9. The Bertz CT molecular complexity index is 376. The first-order valence-electron chi connectivity index (χ1n) is 8.08. The van der Waals surface area contributed by atoms with Crippen LogP contribution in [0.15, 0.2) is 4.99 Å². The summed E-state index contributed by atoms with van der Waals surface area (Å²) >= 11 is 1.99. The molecular weight excluding hydrogens is 254 g/mol. The van der Waals surface area contributed by atoms with Crippen LogP contribution >= 0.6 is 11.8 Å². The number of piperidine rings is 1. The van der Waals surface area contributed by atoms with Gasteiger partial charge in [-0.1, -0.05) is 31.0 Å². The number of amidine groups is 1. The van der Waals surface area contributed by atoms with Crippen LogP contribution in [-0.4, -0.2) is 46.5 Å². The highest BCUT2D eigenvalue weighted by Gasteiger charge is 2.41. The van der Waals surface area contributed by atoms with E-state index in [1.165, 1.54) is 75.4 Å². The fraction of sp³-hybridized carbons (Fsp3) is 0.933. The van der Waals surface area contributed by atoms with E-state index in [0.29, 0.717) is 11.6 Å². The van der Waals surface area contributed by atoms with Gasteiger partial charge in [-0.05, 0) is 38.6 Å². The van der Waals surface area contributed by atoms with E-state index >= 15 is 0 Å². The van der Waals surface area contributed by atoms with E-state index in [4.69, 9.17) is 4.99 Å². The Kier molecular flexibility index (Phi) is 3.27. The summed E-state index contributed by atoms with van der Waals surface area (Å²) in [7, 11) is 0. The predicted octanol–water partition coefficient (Wildman–Crippen LogP) is 2.62. The van der Waals surface area contributed by atoms with Gasteiger partial charge in [0.2, 0.25) is 0 Å². The average molecular weight is 279 g/mol. The molecule has 4 fully saturated rings. The lowest BCUT2D eigenvalue weighted by Crippen LogP contribution is -2.42. The van der Waals surface area contributed by atoms with Gasteiger partial charge in [-0.15, -0.1) is 0 Å². The Morgan fingerprint density at radius 2 is 2.00 bits per heavy atom. The van der Waals surface area contributed by atoms with Crippen LogP contribution in [0.1, 0.15) is 51.4 Å². The van der Waals surface area contributed by atoms with Crippen LogP contribution in [0.2, 0.25) is 0 Å². The second-order valence-corrected chi connectivity index (χ2v) is 7.75. The van der Waals surface area contributed by atoms with Crippen molar-refractivity contribution in [3.8, 4) is 0 Å². The van der Waals surface area contributed by atoms with Crippen molar-refractivity contribution in [3.05, 3.63) is 0 Å². The zero-order chi connectivity index (χ0) is 12.7. The van der Waals surface area contributed by atoms with E-state index in [2.05, 4.69) is 10.2 Å². The molecule has 3 aliphatic heterocycles. The summed E-state index contributed by atoms with van der Waals surface area (Å²) in [6, 6.07) is 1.33. The molecule has 19 heavy (non-hydrogen) atoms. The van der Waals surface area contributed by atoms with Gasteiger partial charge in [0.25, 0.3) is 0 Å². The van der Waals surface area contributed by atoms with E-state index in [1.54, 1.807) is 0 Å². The van der Waals surface area contributed by atoms with Crippen molar-refractivity contribution in [3.63, 3.8) is 0 Å². The van der Waals surface area contributed by atoms with Crippen molar-refractivity contribution in [2.45, 2.75) is 69.0 Å². The maximum absolute atomic E-state index is 5.11. The lowest BCUT2D eigenvalue weighted by atomic mass is 9.99. The Morgan fingerprint density at radius 1 is 1.11 bits per heavy atom. The molecule has 1 N–H and O–H groups in total. The molecule has 0 aromatic carbocycles. The van der Waals surface area contributed by atoms with Crippen LogP contribution < -0.4 is 5.32 Å². The fourth-order valence-electron chi connectivity index (χ4n) is 4.42. The standard InChI is InChI=1S/C15H25N3S/c1-4-9-18-10-6-12(13(18)5-1)16-14-17-15(11-19-14)7-2-3-8-15/h12-13H,1-11H2,(H,16,17). The van der Waals surface area contributed by atoms with Crippen LogP contribution in [0.4, 0.5) is 0 Å². The van der Waals surface area contributed by atoms with Gasteiger partial charge in [0.1, 0.15) is 0 Å². The van der Waals surface area contributed by atoms with Gasteiger partial charge >= 0.3 is 0 Å². The van der Waals surface area contributed by atoms with Gasteiger partial charge in [-0.25, -0.2) is 0 Å². The molecule has 0 aromatic rings. The third-order valence-corrected chi connectivity index (χ3v) is 6.70. The zero-order valence-corrected chi connectivity index (χ0v) is 12.6. The maximum Gasteiger partial charge on any atom is 0.157 e. The molecule has 0 radical (unpaired) electrons. The van der Waals surface area contributed by atoms with Crippen LogP contribution in [-0.2, 0) is 0 Å². The van der Waals surface area contributed by atoms with E-state index in [9.17, 15) is 0 Å². The predicted molar refractivity (Wildman–Crippen MR) is 81.8 cm³/mol. The Hall–Kier alpha value is -0.220. The molecule has 106 valence electrons. The number of nitrogens with one attached hydrogen (secondary N) is 1. The Morgan fingerprint density at radius 3 is 2.89 bits per heavy atom. The molecule has 3 saturated heterocycles. The van der Waals surface area contributed by atoms with Crippen molar-refractivity contribution in [1.29, 1.82) is 0 Å². The molecular formula is C15H25N3S. The second kappa shape index (κ2) is 4.96. The lowest BCUT2D eigenvalue weighted by Gasteiger charge is -2.31. The fourth-order valence-corrected chi connectivity index (χ4v) is 5.69. The molecule has 0 aromatic heterocycles. The molecule has 2 atom stereocenters. The SMILES string of the molecule is C1CCN2CCC(N=C3NC4(CCCC4)CS3)C2C1. The maximum atomic E-state index is 5.11. The highest BCUT2D eigenvalue weighted by molar-refractivity contribution is 8.14. The molecule has 0 bridgehead atoms. The van der Waals surface area contributed by atoms with Gasteiger partial charge in [0.05, 0.1) is 6.04 Å². The largest absolute Gasteiger partial charge is 0.359 e. The van der Waals surface area contributed by atoms with Crippen LogP contribution in [0.3, 0.4) is 0 Å². The molecule has 3 nitrogen and oxygen atoms in total. The highest BCUT2D eigenvalue weighted by Crippen LogP contribution is 2.38. The van der Waals surface area contributed by atoms with Crippen LogP contribution in [0, 0.1) is 0 Å². The Labute approximate surface area is 120 Å². The highest BCUT2D eigenvalue weighted by atomic mass is 32.2. The summed E-state index contributed by atoms with van der Waals surface area (Å²) in [5.41, 5.74) is 0.425. The molecule has 4 rings (SSSR count). The minimum atomic E-state index is 0.425. The number of thioether (sulfide) groups is 1. The molecule has 1 spiro atoms. The molecule has 4 heteroatoms. The molecule has 4 aliphatic rings. The van der Waals surface area contributed by atoms with Crippen molar-refractivity contribution in [2.24, 2.45) is 4.99 Å². The minimum Gasteiger partial charge on any atom is -0.359 e. The number of fused-ring (bicyclic) bond motifs is 1. The van der Waals surface area contributed by atoms with Crippen LogP contribution in [0.25, 0.3) is 0 Å². The van der Waals surface area contributed by atoms with Gasteiger partial charge in [0.15, 0.2) is 5.17 Å². The summed E-state index contributed by atoms with van der Waals surface area (Å²) in [5.74, 6) is 1.26. The van der Waals surface area contributed by atoms with E-state index < -0.39 is 0 Å². The number of nitrogens with zero attached hydrogens (tertiary/aromatic N) is 2. The van der Waals surface area contributed by atoms with E-state index in [1.807, 2.05) is 11.8 Å². The first-order chi connectivity index (χ1) is 9.35. The molecule has 1 aliphatic carbocycles. The van der Waals surface area contributed by atoms with E-state index in [-0.39, 0.29) is 0 Å². The molecule has 2 unspecified atom stereocenters. The summed E-state index contributed by atoms with van der Waals surface area (Å²) in [4.78, 5) is 7.79. The summed E-state index contributed by atoms with van der Waals surface area (Å²) < 4.78 is 0. The van der Waals surface area contributed by atoms with Gasteiger partial charge in [-0.3, -0.25) is 9.89 Å². The average Bonchev–Trinajstić information content (AvgIpc) is 3.14. The number of rotatable bonds is 1. The minimum absolute atomic E-state index is 0.425. The van der Waals surface area contributed by atoms with E-state index in [0.717, 1.165) is 6.04 Å². The summed E-state index contributed by atoms with van der Waals surface area (Å²) in [6.07, 6.45) is 11.0. The number of hydrogen-bond acceptors (Lipinski definition) is 3. The molecule has 1 saturated carbocycles. The first-order valence-corrected chi connectivity index (χ1v) is 9.06. The van der Waals surface area contributed by atoms with Gasteiger partial charge in [-0.2, -0.15) is 0 Å². The lowest BCUT2D eigenvalue weighted by molar-refractivity contribution is 0.190. The van der Waals surface area contributed by atoms with Crippen LogP contribution in [0.5, 0.6) is 0 Å². The third kappa shape index (κ3) is 2.31. The molecule has 0 amide bonds. The van der Waals surface area contributed by atoms with Gasteiger partial charge < -0.3 is 5.32 Å². The Balaban J connectivity index is 1.44. The zero-order valence-electron chi connectivity index (χ0n) is 11.7. The summed E-state index contributed by atoms with van der Waals surface area (Å²) in [6.45, 7) is 2.60. The topological polar surface area (TPSA) is 27.6 Å². The van der Waals surface area contributed by atoms with Gasteiger partial charge in [0, 0.05) is 23.9 Å².